The number of carbonyl (C=O) groups excluding carboxylic acids is 1. The lowest BCUT2D eigenvalue weighted by Gasteiger charge is -2.42. The number of rotatable bonds is 5. The molecule has 0 bridgehead atoms. The van der Waals surface area contributed by atoms with Crippen LogP contribution in [0.4, 0.5) is 5.69 Å². The van der Waals surface area contributed by atoms with Crippen LogP contribution in [-0.2, 0) is 11.4 Å². The Morgan fingerprint density at radius 2 is 1.85 bits per heavy atom. The van der Waals surface area contributed by atoms with Crippen molar-refractivity contribution in [1.82, 2.24) is 4.90 Å². The van der Waals surface area contributed by atoms with Crippen molar-refractivity contribution in [3.05, 3.63) is 106 Å². The van der Waals surface area contributed by atoms with Gasteiger partial charge in [0, 0.05) is 23.0 Å². The zero-order valence-corrected chi connectivity index (χ0v) is 19.9. The zero-order valence-electron chi connectivity index (χ0n) is 18.4. The summed E-state index contributed by atoms with van der Waals surface area (Å²) in [6.07, 6.45) is 0.254. The Morgan fingerprint density at radius 1 is 1.06 bits per heavy atom. The molecule has 5 rings (SSSR count). The first-order chi connectivity index (χ1) is 16.6. The third-order valence-corrected chi connectivity index (χ3v) is 7.40. The van der Waals surface area contributed by atoms with Gasteiger partial charge in [0.1, 0.15) is 12.4 Å². The monoisotopic (exact) mass is 487 g/mol. The van der Waals surface area contributed by atoms with E-state index in [0.29, 0.717) is 29.7 Å². The molecule has 0 spiro atoms. The van der Waals surface area contributed by atoms with Gasteiger partial charge in [-0.1, -0.05) is 65.8 Å². The summed E-state index contributed by atoms with van der Waals surface area (Å²) in [5.74, 6) is 1.11. The van der Waals surface area contributed by atoms with E-state index in [9.17, 15) is 10.1 Å². The molecule has 0 aromatic heterocycles. The van der Waals surface area contributed by atoms with Gasteiger partial charge in [-0.3, -0.25) is 9.69 Å². The fraction of sp³-hybridized carbons (Fsp3) is 0.185. The molecule has 5 nitrogen and oxygen atoms in total. The highest BCUT2D eigenvalue weighted by atomic mass is 35.5. The molecule has 1 unspecified atom stereocenters. The summed E-state index contributed by atoms with van der Waals surface area (Å²) < 4.78 is 5.98. The van der Waals surface area contributed by atoms with E-state index >= 15 is 0 Å². The predicted octanol–water partition coefficient (Wildman–Crippen LogP) is 6.14. The number of nitriles is 1. The maximum Gasteiger partial charge on any atom is 0.229 e. The molecule has 2 aliphatic heterocycles. The summed E-state index contributed by atoms with van der Waals surface area (Å²) in [6, 6.07) is 27.7. The lowest BCUT2D eigenvalue weighted by atomic mass is 9.86. The maximum absolute atomic E-state index is 13.2. The van der Waals surface area contributed by atoms with Crippen LogP contribution in [0.1, 0.15) is 23.5 Å². The Balaban J connectivity index is 1.37. The molecule has 1 fully saturated rings. The number of carbonyl (C=O) groups is 1. The first-order valence-corrected chi connectivity index (χ1v) is 12.3. The molecule has 170 valence electrons. The van der Waals surface area contributed by atoms with Crippen LogP contribution in [0.3, 0.4) is 0 Å². The Bertz CT molecular complexity index is 1270. The van der Waals surface area contributed by atoms with Crippen LogP contribution in [0.15, 0.2) is 89.5 Å². The van der Waals surface area contributed by atoms with Gasteiger partial charge in [0.2, 0.25) is 5.91 Å². The first-order valence-electron chi connectivity index (χ1n) is 11.0. The summed E-state index contributed by atoms with van der Waals surface area (Å²) in [4.78, 5) is 17.0. The average molecular weight is 488 g/mol. The van der Waals surface area contributed by atoms with E-state index in [1.807, 2.05) is 78.9 Å². The second-order valence-electron chi connectivity index (χ2n) is 8.19. The van der Waals surface area contributed by atoms with Crippen molar-refractivity contribution >= 4 is 35.0 Å². The van der Waals surface area contributed by atoms with Gasteiger partial charge in [-0.15, -0.1) is 0 Å². The summed E-state index contributed by atoms with van der Waals surface area (Å²) in [7, 11) is 0. The van der Waals surface area contributed by atoms with Crippen LogP contribution in [0.25, 0.3) is 0 Å². The molecule has 2 heterocycles. The summed E-state index contributed by atoms with van der Waals surface area (Å²) in [5, 5.41) is 11.5. The summed E-state index contributed by atoms with van der Waals surface area (Å²) in [6.45, 7) is 0.880. The number of fused-ring (bicyclic) bond motifs is 1. The van der Waals surface area contributed by atoms with Gasteiger partial charge in [-0.05, 0) is 47.5 Å². The van der Waals surface area contributed by atoms with Crippen molar-refractivity contribution in [1.29, 1.82) is 5.26 Å². The molecule has 34 heavy (non-hydrogen) atoms. The summed E-state index contributed by atoms with van der Waals surface area (Å²) in [5.41, 5.74) is 3.64. The zero-order chi connectivity index (χ0) is 23.5. The second-order valence-corrected chi connectivity index (χ2v) is 9.56. The minimum Gasteiger partial charge on any atom is -0.489 e. The van der Waals surface area contributed by atoms with Crippen LogP contribution >= 0.6 is 23.4 Å². The normalized spacial score (nSPS) is 17.9. The molecule has 3 aromatic rings. The Kier molecular flexibility index (Phi) is 6.48. The maximum atomic E-state index is 13.2. The molecule has 1 amide bonds. The standard InChI is InChI=1S/C27H22ClN3O2S/c28-21-9-11-22(12-10-21)30-17-31-26(32)14-24(25(15-29)27(31)34-18-30)20-7-4-8-23(13-20)33-16-19-5-2-1-3-6-19/h1-13,24H,14,16-18H2. The van der Waals surface area contributed by atoms with Crippen molar-refractivity contribution in [3.63, 3.8) is 0 Å². The number of halogens is 1. The summed E-state index contributed by atoms with van der Waals surface area (Å²) >= 11 is 7.54. The highest BCUT2D eigenvalue weighted by molar-refractivity contribution is 8.03. The second kappa shape index (κ2) is 9.84. The third-order valence-electron chi connectivity index (χ3n) is 5.99. The Morgan fingerprint density at radius 3 is 2.62 bits per heavy atom. The number of anilines is 1. The highest BCUT2D eigenvalue weighted by Crippen LogP contribution is 2.43. The molecule has 0 aliphatic carbocycles. The number of hydrogen-bond donors (Lipinski definition) is 0. The average Bonchev–Trinajstić information content (AvgIpc) is 2.88. The quantitative estimate of drug-likeness (QED) is 0.432. The van der Waals surface area contributed by atoms with E-state index in [1.165, 1.54) is 11.8 Å². The third kappa shape index (κ3) is 4.63. The van der Waals surface area contributed by atoms with Gasteiger partial charge in [-0.2, -0.15) is 5.26 Å². The molecule has 1 saturated heterocycles. The molecular weight excluding hydrogens is 466 g/mol. The highest BCUT2D eigenvalue weighted by Gasteiger charge is 2.38. The number of benzene rings is 3. The van der Waals surface area contributed by atoms with Crippen LogP contribution in [0, 0.1) is 11.3 Å². The molecule has 7 heteroatoms. The fourth-order valence-corrected chi connectivity index (χ4v) is 5.52. The van der Waals surface area contributed by atoms with Gasteiger partial charge in [0.25, 0.3) is 0 Å². The van der Waals surface area contributed by atoms with Crippen molar-refractivity contribution in [2.45, 2.75) is 18.9 Å². The van der Waals surface area contributed by atoms with E-state index < -0.39 is 0 Å². The number of hydrogen-bond acceptors (Lipinski definition) is 5. The van der Waals surface area contributed by atoms with E-state index in [1.54, 1.807) is 4.90 Å². The number of thioether (sulfide) groups is 1. The molecule has 3 aromatic carbocycles. The number of amides is 1. The van der Waals surface area contributed by atoms with E-state index in [-0.39, 0.29) is 18.2 Å². The predicted molar refractivity (Wildman–Crippen MR) is 135 cm³/mol. The van der Waals surface area contributed by atoms with E-state index in [2.05, 4.69) is 11.0 Å². The smallest absolute Gasteiger partial charge is 0.229 e. The fourth-order valence-electron chi connectivity index (χ4n) is 4.22. The van der Waals surface area contributed by atoms with Crippen molar-refractivity contribution in [2.75, 3.05) is 17.4 Å². The van der Waals surface area contributed by atoms with Gasteiger partial charge >= 0.3 is 0 Å². The Hall–Kier alpha value is -3.40. The first kappa shape index (κ1) is 22.4. The van der Waals surface area contributed by atoms with Gasteiger partial charge < -0.3 is 9.64 Å². The lowest BCUT2D eigenvalue weighted by Crippen LogP contribution is -2.47. The SMILES string of the molecule is N#CC1=C2SCN(c3ccc(Cl)cc3)CN2C(=O)CC1c1cccc(OCc2ccccc2)c1. The van der Waals surface area contributed by atoms with Crippen LogP contribution < -0.4 is 9.64 Å². The molecule has 0 radical (unpaired) electrons. The van der Waals surface area contributed by atoms with Crippen LogP contribution in [0.5, 0.6) is 5.75 Å². The number of allylic oxidation sites excluding steroid dienone is 1. The molecule has 0 saturated carbocycles. The van der Waals surface area contributed by atoms with Gasteiger partial charge in [0.15, 0.2) is 0 Å². The van der Waals surface area contributed by atoms with Crippen molar-refractivity contribution < 1.29 is 9.53 Å². The van der Waals surface area contributed by atoms with Crippen LogP contribution in [-0.4, -0.2) is 23.4 Å². The molecular formula is C27H22ClN3O2S. The van der Waals surface area contributed by atoms with Crippen molar-refractivity contribution in [2.24, 2.45) is 0 Å². The largest absolute Gasteiger partial charge is 0.489 e. The van der Waals surface area contributed by atoms with Gasteiger partial charge in [0.05, 0.1) is 29.2 Å². The van der Waals surface area contributed by atoms with E-state index in [0.717, 1.165) is 27.6 Å². The molecule has 1 atom stereocenters. The van der Waals surface area contributed by atoms with E-state index in [4.69, 9.17) is 16.3 Å². The Labute approximate surface area is 208 Å². The number of nitrogens with zero attached hydrogens (tertiary/aromatic N) is 3. The lowest BCUT2D eigenvalue weighted by molar-refractivity contribution is -0.129. The molecule has 0 N–H and O–H groups in total. The van der Waals surface area contributed by atoms with Gasteiger partial charge in [-0.25, -0.2) is 0 Å². The number of ether oxygens (including phenoxy) is 1. The minimum absolute atomic E-state index is 0.0146. The van der Waals surface area contributed by atoms with Crippen LogP contribution in [0.2, 0.25) is 5.02 Å². The van der Waals surface area contributed by atoms with Crippen molar-refractivity contribution in [3.8, 4) is 11.8 Å². The topological polar surface area (TPSA) is 56.6 Å². The molecule has 2 aliphatic rings. The minimum atomic E-state index is -0.279.